The lowest BCUT2D eigenvalue weighted by Crippen LogP contribution is -2.43. The van der Waals surface area contributed by atoms with Crippen molar-refractivity contribution in [1.82, 2.24) is 34.6 Å². The minimum atomic E-state index is -0.537. The summed E-state index contributed by atoms with van der Waals surface area (Å²) in [6, 6.07) is -0.0496. The van der Waals surface area contributed by atoms with Gasteiger partial charge in [-0.2, -0.15) is 5.10 Å². The average molecular weight is 396 g/mol. The van der Waals surface area contributed by atoms with Crippen molar-refractivity contribution in [2.45, 2.75) is 45.3 Å². The molecule has 0 spiro atoms. The van der Waals surface area contributed by atoms with Crippen LogP contribution in [0, 0.1) is 0 Å². The summed E-state index contributed by atoms with van der Waals surface area (Å²) in [6.07, 6.45) is 7.64. The number of hydrogen-bond donors (Lipinski definition) is 1. The van der Waals surface area contributed by atoms with Crippen LogP contribution in [0.2, 0.25) is 0 Å². The fourth-order valence-electron chi connectivity index (χ4n) is 3.52. The van der Waals surface area contributed by atoms with Gasteiger partial charge in [0.15, 0.2) is 5.65 Å². The molecule has 0 aliphatic carbocycles. The maximum absolute atomic E-state index is 12.5. The number of likely N-dealkylation sites (tertiary alicyclic amines) is 1. The third-order valence-corrected chi connectivity index (χ3v) is 4.75. The van der Waals surface area contributed by atoms with E-state index in [0.29, 0.717) is 35.6 Å². The Morgan fingerprint density at radius 2 is 1.97 bits per heavy atom. The third-order valence-electron chi connectivity index (χ3n) is 4.75. The molecule has 4 rings (SSSR count). The first kappa shape index (κ1) is 19.0. The van der Waals surface area contributed by atoms with Crippen molar-refractivity contribution < 1.29 is 9.53 Å². The zero-order valence-electron chi connectivity index (χ0n) is 16.7. The first-order valence-corrected chi connectivity index (χ1v) is 9.55. The van der Waals surface area contributed by atoms with Gasteiger partial charge in [0.2, 0.25) is 0 Å². The largest absolute Gasteiger partial charge is 0.444 e. The monoisotopic (exact) mass is 396 g/mol. The molecule has 1 aliphatic rings. The number of rotatable bonds is 2. The summed E-state index contributed by atoms with van der Waals surface area (Å²) in [5.74, 6) is 0.347. The zero-order chi connectivity index (χ0) is 20.6. The number of aromatic nitrogens is 6. The molecule has 3 aromatic heterocycles. The summed E-state index contributed by atoms with van der Waals surface area (Å²) in [5, 5.41) is 5.45. The number of anilines is 1. The van der Waals surface area contributed by atoms with E-state index in [-0.39, 0.29) is 12.1 Å². The number of piperidine rings is 1. The van der Waals surface area contributed by atoms with Gasteiger partial charge in [-0.25, -0.2) is 29.4 Å². The highest BCUT2D eigenvalue weighted by Crippen LogP contribution is 2.33. The van der Waals surface area contributed by atoms with Gasteiger partial charge in [0.1, 0.15) is 29.8 Å². The molecule has 1 aliphatic heterocycles. The minimum absolute atomic E-state index is 0.0496. The van der Waals surface area contributed by atoms with Gasteiger partial charge >= 0.3 is 6.09 Å². The van der Waals surface area contributed by atoms with Gasteiger partial charge in [0.25, 0.3) is 0 Å². The van der Waals surface area contributed by atoms with Crippen molar-refractivity contribution in [2.24, 2.45) is 0 Å². The van der Waals surface area contributed by atoms with Crippen LogP contribution in [0.4, 0.5) is 10.6 Å². The molecule has 1 saturated heterocycles. The predicted molar refractivity (Wildman–Crippen MR) is 107 cm³/mol. The van der Waals surface area contributed by atoms with Gasteiger partial charge in [-0.3, -0.25) is 0 Å². The molecule has 29 heavy (non-hydrogen) atoms. The molecule has 0 saturated carbocycles. The highest BCUT2D eigenvalue weighted by atomic mass is 16.6. The normalized spacial score (nSPS) is 17.5. The molecule has 0 radical (unpaired) electrons. The molecule has 1 fully saturated rings. The number of ether oxygens (including phenoxy) is 1. The van der Waals surface area contributed by atoms with Crippen LogP contribution in [0.15, 0.2) is 25.0 Å². The molecule has 2 N–H and O–H groups in total. The molecule has 3 aromatic rings. The van der Waals surface area contributed by atoms with Crippen LogP contribution in [0.3, 0.4) is 0 Å². The fourth-order valence-corrected chi connectivity index (χ4v) is 3.52. The Morgan fingerprint density at radius 3 is 2.69 bits per heavy atom. The summed E-state index contributed by atoms with van der Waals surface area (Å²) >= 11 is 0. The molecule has 10 heteroatoms. The number of fused-ring (bicyclic) bond motifs is 1. The number of nitrogen functional groups attached to an aromatic ring is 1. The van der Waals surface area contributed by atoms with Crippen LogP contribution in [0.1, 0.15) is 39.7 Å². The first-order valence-electron chi connectivity index (χ1n) is 9.55. The van der Waals surface area contributed by atoms with Crippen LogP contribution >= 0.6 is 0 Å². The number of amides is 1. The molecular weight excluding hydrogens is 372 g/mol. The number of hydrogen-bond acceptors (Lipinski definition) is 8. The molecule has 0 unspecified atom stereocenters. The van der Waals surface area contributed by atoms with E-state index in [0.717, 1.165) is 18.4 Å². The standard InChI is InChI=1S/C19H24N8O2/c1-19(2,3)29-18(28)26-6-4-5-13(9-26)27-17-14(16(20)23-11-24-17)15(25-27)12-7-21-10-22-8-12/h7-8,10-11,13H,4-6,9H2,1-3H3,(H2,20,23,24)/t13-/m1/s1. The van der Waals surface area contributed by atoms with E-state index in [9.17, 15) is 4.79 Å². The average Bonchev–Trinajstić information content (AvgIpc) is 3.09. The van der Waals surface area contributed by atoms with Crippen molar-refractivity contribution in [1.29, 1.82) is 0 Å². The summed E-state index contributed by atoms with van der Waals surface area (Å²) in [6.45, 7) is 6.73. The smallest absolute Gasteiger partial charge is 0.410 e. The summed E-state index contributed by atoms with van der Waals surface area (Å²) in [4.78, 5) is 31.0. The lowest BCUT2D eigenvalue weighted by Gasteiger charge is -2.34. The van der Waals surface area contributed by atoms with Gasteiger partial charge < -0.3 is 15.4 Å². The predicted octanol–water partition coefficient (Wildman–Crippen LogP) is 2.44. The maximum Gasteiger partial charge on any atom is 0.410 e. The Morgan fingerprint density at radius 1 is 1.21 bits per heavy atom. The molecule has 10 nitrogen and oxygen atoms in total. The molecule has 0 bridgehead atoms. The van der Waals surface area contributed by atoms with Crippen molar-refractivity contribution >= 4 is 22.9 Å². The maximum atomic E-state index is 12.5. The van der Waals surface area contributed by atoms with Gasteiger partial charge in [-0.15, -0.1) is 0 Å². The molecule has 1 amide bonds. The Labute approximate surface area is 168 Å². The highest BCUT2D eigenvalue weighted by Gasteiger charge is 2.31. The van der Waals surface area contributed by atoms with Crippen LogP contribution in [0.5, 0.6) is 0 Å². The number of nitrogens with zero attached hydrogens (tertiary/aromatic N) is 7. The molecule has 1 atom stereocenters. The van der Waals surface area contributed by atoms with Gasteiger partial charge in [-0.1, -0.05) is 0 Å². The van der Waals surface area contributed by atoms with E-state index in [1.807, 2.05) is 25.5 Å². The molecule has 4 heterocycles. The number of carbonyl (C=O) groups is 1. The molecule has 0 aromatic carbocycles. The van der Waals surface area contributed by atoms with Crippen LogP contribution in [0.25, 0.3) is 22.3 Å². The van der Waals surface area contributed by atoms with Crippen molar-refractivity contribution in [2.75, 3.05) is 18.8 Å². The van der Waals surface area contributed by atoms with E-state index >= 15 is 0 Å². The lowest BCUT2D eigenvalue weighted by molar-refractivity contribution is 0.0169. The zero-order valence-corrected chi connectivity index (χ0v) is 16.7. The number of nitrogens with two attached hydrogens (primary N) is 1. The molecule has 152 valence electrons. The van der Waals surface area contributed by atoms with E-state index in [1.54, 1.807) is 17.3 Å². The SMILES string of the molecule is CC(C)(C)OC(=O)N1CCC[C@@H](n2nc(-c3cncnc3)c3c(N)ncnc32)C1. The van der Waals surface area contributed by atoms with E-state index in [4.69, 9.17) is 15.6 Å². The first-order chi connectivity index (χ1) is 13.8. The van der Waals surface area contributed by atoms with E-state index in [1.165, 1.54) is 12.7 Å². The Hall–Kier alpha value is -3.30. The van der Waals surface area contributed by atoms with Crippen molar-refractivity contribution in [3.05, 3.63) is 25.0 Å². The third kappa shape index (κ3) is 3.82. The lowest BCUT2D eigenvalue weighted by atomic mass is 10.1. The second-order valence-corrected chi connectivity index (χ2v) is 8.10. The van der Waals surface area contributed by atoms with Gasteiger partial charge in [0, 0.05) is 31.0 Å². The Kier molecular flexibility index (Phi) is 4.77. The topological polar surface area (TPSA) is 125 Å². The quantitative estimate of drug-likeness (QED) is 0.700. The van der Waals surface area contributed by atoms with Crippen molar-refractivity contribution in [3.63, 3.8) is 0 Å². The van der Waals surface area contributed by atoms with Gasteiger partial charge in [-0.05, 0) is 33.6 Å². The second kappa shape index (κ2) is 7.26. The number of carbonyl (C=O) groups excluding carboxylic acids is 1. The van der Waals surface area contributed by atoms with Crippen LogP contribution in [-0.4, -0.2) is 59.4 Å². The summed E-state index contributed by atoms with van der Waals surface area (Å²) in [5.41, 5.74) is 7.61. The van der Waals surface area contributed by atoms with E-state index in [2.05, 4.69) is 19.9 Å². The summed E-state index contributed by atoms with van der Waals surface area (Å²) < 4.78 is 7.38. The van der Waals surface area contributed by atoms with Crippen molar-refractivity contribution in [3.8, 4) is 11.3 Å². The highest BCUT2D eigenvalue weighted by molar-refractivity contribution is 5.98. The fraction of sp³-hybridized carbons (Fsp3) is 0.474. The van der Waals surface area contributed by atoms with Gasteiger partial charge in [0.05, 0.1) is 11.4 Å². The minimum Gasteiger partial charge on any atom is -0.444 e. The second-order valence-electron chi connectivity index (χ2n) is 8.10. The molecular formula is C19H24N8O2. The summed E-state index contributed by atoms with van der Waals surface area (Å²) in [7, 11) is 0. The van der Waals surface area contributed by atoms with E-state index < -0.39 is 5.60 Å². The van der Waals surface area contributed by atoms with Crippen LogP contribution < -0.4 is 5.73 Å². The Balaban J connectivity index is 1.71. The Bertz CT molecular complexity index is 1030. The van der Waals surface area contributed by atoms with Crippen LogP contribution in [-0.2, 0) is 4.74 Å².